The van der Waals surface area contributed by atoms with Crippen molar-refractivity contribution >= 4 is 5.97 Å². The fourth-order valence-corrected chi connectivity index (χ4v) is 5.75. The largest absolute Gasteiger partial charge is 0.371 e. The number of unbranched alkanes of at least 4 members (excludes halogenated alkanes) is 30. The van der Waals surface area contributed by atoms with Crippen LogP contribution in [0.25, 0.3) is 0 Å². The first kappa shape index (κ1) is 42.5. The van der Waals surface area contributed by atoms with Gasteiger partial charge in [0.2, 0.25) is 0 Å². The van der Waals surface area contributed by atoms with Gasteiger partial charge in [0.1, 0.15) is 0 Å². The minimum absolute atomic E-state index is 0. The van der Waals surface area contributed by atoms with Crippen LogP contribution in [-0.2, 0) is 9.63 Å². The predicted molar refractivity (Wildman–Crippen MR) is 183 cm³/mol. The summed E-state index contributed by atoms with van der Waals surface area (Å²) in [5.74, 6) is -0.0816. The molecule has 0 amide bonds. The number of rotatable bonds is 35. The van der Waals surface area contributed by atoms with Gasteiger partial charge in [0.05, 0.1) is 0 Å². The Morgan fingerprint density at radius 1 is 0.390 bits per heavy atom. The summed E-state index contributed by atoms with van der Waals surface area (Å²) in [5.41, 5.74) is 2.89. The molecule has 4 heteroatoms. The van der Waals surface area contributed by atoms with Crippen LogP contribution in [0.5, 0.6) is 0 Å². The first-order valence-corrected chi connectivity index (χ1v) is 18.7. The van der Waals surface area contributed by atoms with Crippen molar-refractivity contribution < 1.29 is 9.63 Å². The molecular formula is C37H78N2O2. The van der Waals surface area contributed by atoms with E-state index >= 15 is 0 Å². The molecule has 0 aromatic heterocycles. The van der Waals surface area contributed by atoms with Crippen molar-refractivity contribution in [3.05, 3.63) is 0 Å². The molecule has 0 spiro atoms. The molecule has 0 saturated heterocycles. The molecule has 0 rings (SSSR count). The zero-order valence-electron chi connectivity index (χ0n) is 28.6. The van der Waals surface area contributed by atoms with Crippen molar-refractivity contribution in [3.8, 4) is 0 Å². The zero-order valence-corrected chi connectivity index (χ0v) is 28.6. The smallest absolute Gasteiger partial charge is 0.324 e. The van der Waals surface area contributed by atoms with E-state index in [0.29, 0.717) is 6.42 Å². The van der Waals surface area contributed by atoms with Crippen LogP contribution in [0.15, 0.2) is 0 Å². The second-order valence-electron chi connectivity index (χ2n) is 12.7. The van der Waals surface area contributed by atoms with Gasteiger partial charge in [-0.2, -0.15) is 5.48 Å². The van der Waals surface area contributed by atoms with E-state index in [9.17, 15) is 4.79 Å². The molecule has 4 nitrogen and oxygen atoms in total. The Bertz CT molecular complexity index is 472. The van der Waals surface area contributed by atoms with Crippen molar-refractivity contribution in [2.75, 3.05) is 6.54 Å². The fraction of sp³-hybridized carbons (Fsp3) is 0.973. The molecule has 248 valence electrons. The maximum Gasteiger partial charge on any atom is 0.324 e. The third kappa shape index (κ3) is 39.4. The highest BCUT2D eigenvalue weighted by molar-refractivity contribution is 5.68. The van der Waals surface area contributed by atoms with Crippen LogP contribution in [0.2, 0.25) is 0 Å². The highest BCUT2D eigenvalue weighted by Gasteiger charge is 2.03. The van der Waals surface area contributed by atoms with E-state index in [2.05, 4.69) is 19.3 Å². The van der Waals surface area contributed by atoms with Gasteiger partial charge in [0, 0.05) is 13.0 Å². The van der Waals surface area contributed by atoms with E-state index in [1.165, 1.54) is 186 Å². The van der Waals surface area contributed by atoms with Crippen LogP contribution in [0.1, 0.15) is 226 Å². The summed E-state index contributed by atoms with van der Waals surface area (Å²) in [7, 11) is 0. The van der Waals surface area contributed by atoms with Crippen molar-refractivity contribution in [3.63, 3.8) is 0 Å². The number of hydrogen-bond acceptors (Lipinski definition) is 4. The quantitative estimate of drug-likeness (QED) is 0.0575. The van der Waals surface area contributed by atoms with Crippen LogP contribution in [0, 0.1) is 0 Å². The molecule has 0 aromatic rings. The van der Waals surface area contributed by atoms with Crippen LogP contribution in [0.4, 0.5) is 0 Å². The topological polar surface area (TPSA) is 73.3 Å². The molecule has 0 radical (unpaired) electrons. The minimum atomic E-state index is -0.0816. The van der Waals surface area contributed by atoms with Crippen molar-refractivity contribution in [1.82, 2.24) is 11.6 Å². The van der Waals surface area contributed by atoms with E-state index in [0.717, 1.165) is 25.8 Å². The average molecular weight is 583 g/mol. The summed E-state index contributed by atoms with van der Waals surface area (Å²) in [6.45, 7) is 5.38. The van der Waals surface area contributed by atoms with Gasteiger partial charge in [0.15, 0.2) is 0 Å². The van der Waals surface area contributed by atoms with E-state index in [4.69, 9.17) is 4.84 Å². The lowest BCUT2D eigenvalue weighted by molar-refractivity contribution is -0.151. The lowest BCUT2D eigenvalue weighted by atomic mass is 10.0. The second kappa shape index (κ2) is 39.4. The number of carbonyl (C=O) groups is 1. The van der Waals surface area contributed by atoms with Crippen molar-refractivity contribution in [1.29, 1.82) is 0 Å². The van der Waals surface area contributed by atoms with Crippen LogP contribution in [0.3, 0.4) is 0 Å². The molecule has 0 fully saturated rings. The van der Waals surface area contributed by atoms with Gasteiger partial charge in [-0.05, 0) is 12.8 Å². The molecule has 0 aliphatic rings. The van der Waals surface area contributed by atoms with Gasteiger partial charge in [0.25, 0.3) is 0 Å². The summed E-state index contributed by atoms with van der Waals surface area (Å²) < 4.78 is 0. The van der Waals surface area contributed by atoms with Crippen LogP contribution < -0.4 is 11.6 Å². The number of carbonyl (C=O) groups excluding carboxylic acids is 1. The molecule has 0 aliphatic heterocycles. The Balaban J connectivity index is 0. The third-order valence-corrected chi connectivity index (χ3v) is 8.55. The Kier molecular flexibility index (Phi) is 40.9. The van der Waals surface area contributed by atoms with Gasteiger partial charge >= 0.3 is 5.97 Å². The second-order valence-corrected chi connectivity index (χ2v) is 12.7. The molecule has 0 saturated carbocycles. The minimum Gasteiger partial charge on any atom is -0.371 e. The summed E-state index contributed by atoms with van der Waals surface area (Å²) in [6.07, 6.45) is 44.4. The maximum atomic E-state index is 11.9. The summed E-state index contributed by atoms with van der Waals surface area (Å²) in [5, 5.41) is 0. The molecule has 41 heavy (non-hydrogen) atoms. The highest BCUT2D eigenvalue weighted by atomic mass is 16.7. The fourth-order valence-electron chi connectivity index (χ4n) is 5.75. The molecular weight excluding hydrogens is 504 g/mol. The van der Waals surface area contributed by atoms with E-state index in [1.807, 2.05) is 0 Å². The Morgan fingerprint density at radius 3 is 0.927 bits per heavy atom. The van der Waals surface area contributed by atoms with Gasteiger partial charge in [-0.3, -0.25) is 4.79 Å². The van der Waals surface area contributed by atoms with E-state index in [1.54, 1.807) is 0 Å². The maximum absolute atomic E-state index is 11.9. The van der Waals surface area contributed by atoms with E-state index in [-0.39, 0.29) is 12.1 Å². The van der Waals surface area contributed by atoms with E-state index < -0.39 is 0 Å². The molecule has 0 bridgehead atoms. The van der Waals surface area contributed by atoms with Crippen LogP contribution >= 0.6 is 0 Å². The first-order valence-electron chi connectivity index (χ1n) is 18.7. The molecule has 0 unspecified atom stereocenters. The zero-order chi connectivity index (χ0) is 29.0. The molecule has 0 heterocycles. The Hall–Kier alpha value is -0.610. The third-order valence-electron chi connectivity index (χ3n) is 8.55. The van der Waals surface area contributed by atoms with Gasteiger partial charge in [-0.1, -0.05) is 206 Å². The summed E-state index contributed by atoms with van der Waals surface area (Å²) >= 11 is 0. The predicted octanol–water partition coefficient (Wildman–Crippen LogP) is 13.1. The number of nitrogens with one attached hydrogen (secondary N) is 1. The monoisotopic (exact) mass is 583 g/mol. The van der Waals surface area contributed by atoms with Gasteiger partial charge < -0.3 is 11.0 Å². The summed E-state index contributed by atoms with van der Waals surface area (Å²) in [4.78, 5) is 17.1. The Labute approximate surface area is 259 Å². The number of hydroxylamine groups is 1. The SMILES string of the molecule is CCCCCCCCCCCCCCCCCCNOC(=O)CCCCCCCCCCCCCCCCCC.N. The highest BCUT2D eigenvalue weighted by Crippen LogP contribution is 2.15. The Morgan fingerprint density at radius 2 is 0.634 bits per heavy atom. The molecule has 4 N–H and O–H groups in total. The van der Waals surface area contributed by atoms with Crippen molar-refractivity contribution in [2.24, 2.45) is 0 Å². The van der Waals surface area contributed by atoms with Gasteiger partial charge in [-0.15, -0.1) is 0 Å². The molecule has 0 atom stereocenters. The first-order chi connectivity index (χ1) is 19.8. The lowest BCUT2D eigenvalue weighted by Crippen LogP contribution is -2.20. The molecule has 0 aromatic carbocycles. The normalized spacial score (nSPS) is 11.1. The number of hydrogen-bond donors (Lipinski definition) is 2. The van der Waals surface area contributed by atoms with Gasteiger partial charge in [-0.25, -0.2) is 0 Å². The summed E-state index contributed by atoms with van der Waals surface area (Å²) in [6, 6.07) is 0. The van der Waals surface area contributed by atoms with Crippen molar-refractivity contribution in [2.45, 2.75) is 226 Å². The molecule has 0 aliphatic carbocycles. The standard InChI is InChI=1S/C37H75NO2.H3N/c1-3-5-7-9-11-13-15-17-19-21-23-25-27-29-31-33-35-37(39)40-38-36-34-32-30-28-26-24-22-20-18-16-14-12-10-8-6-4-2;/h38H,3-36H2,1-2H3;1H3. The average Bonchev–Trinajstić information content (AvgIpc) is 2.96. The lowest BCUT2D eigenvalue weighted by Gasteiger charge is -2.06. The van der Waals surface area contributed by atoms with Crippen LogP contribution in [-0.4, -0.2) is 12.5 Å².